The predicted molar refractivity (Wildman–Crippen MR) is 125 cm³/mol. The highest BCUT2D eigenvalue weighted by atomic mass is 32.2. The van der Waals surface area contributed by atoms with Crippen molar-refractivity contribution in [2.24, 2.45) is 7.05 Å². The summed E-state index contributed by atoms with van der Waals surface area (Å²) in [4.78, 5) is 14.6. The summed E-state index contributed by atoms with van der Waals surface area (Å²) in [6.07, 6.45) is -4.51. The average Bonchev–Trinajstić information content (AvgIpc) is 3.18. The molecule has 0 aliphatic carbocycles. The van der Waals surface area contributed by atoms with Gasteiger partial charge in [0.2, 0.25) is 5.91 Å². The van der Waals surface area contributed by atoms with Gasteiger partial charge in [0.05, 0.1) is 35.9 Å². The highest BCUT2D eigenvalue weighted by Crippen LogP contribution is 2.36. The molecule has 0 atom stereocenters. The summed E-state index contributed by atoms with van der Waals surface area (Å²) in [5.74, 6) is 0.205. The molecule has 7 nitrogen and oxygen atoms in total. The molecule has 3 aromatic rings. The summed E-state index contributed by atoms with van der Waals surface area (Å²) in [6.45, 7) is 3.99. The molecule has 0 radical (unpaired) electrons. The van der Waals surface area contributed by atoms with Gasteiger partial charge in [-0.3, -0.25) is 4.79 Å². The fraction of sp³-hybridized carbons (Fsp3) is 0.348. The molecule has 0 bridgehead atoms. The van der Waals surface area contributed by atoms with E-state index in [0.29, 0.717) is 43.0 Å². The lowest BCUT2D eigenvalue weighted by Crippen LogP contribution is -2.37. The number of nitrogens with one attached hydrogen (secondary N) is 1. The zero-order valence-electron chi connectivity index (χ0n) is 18.7. The van der Waals surface area contributed by atoms with Crippen LogP contribution in [0.4, 0.5) is 24.5 Å². The topological polar surface area (TPSA) is 72.3 Å². The first-order chi connectivity index (χ1) is 16.2. The first-order valence-electron chi connectivity index (χ1n) is 10.7. The van der Waals surface area contributed by atoms with E-state index in [1.165, 1.54) is 17.8 Å². The number of alkyl halides is 3. The maximum absolute atomic E-state index is 13.3. The lowest BCUT2D eigenvalue weighted by molar-refractivity contribution is -0.137. The summed E-state index contributed by atoms with van der Waals surface area (Å²) in [5, 5.41) is 11.6. The van der Waals surface area contributed by atoms with Gasteiger partial charge in [0.25, 0.3) is 0 Å². The average molecular weight is 492 g/mol. The molecular formula is C23H24F3N5O2S. The van der Waals surface area contributed by atoms with Crippen LogP contribution in [0.25, 0.3) is 11.4 Å². The Morgan fingerprint density at radius 3 is 2.62 bits per heavy atom. The van der Waals surface area contributed by atoms with Crippen LogP contribution in [0.1, 0.15) is 11.1 Å². The lowest BCUT2D eigenvalue weighted by atomic mass is 10.1. The summed E-state index contributed by atoms with van der Waals surface area (Å²) in [5.41, 5.74) is 1.84. The van der Waals surface area contributed by atoms with Crippen LogP contribution in [-0.2, 0) is 22.8 Å². The molecule has 2 heterocycles. The van der Waals surface area contributed by atoms with Crippen molar-refractivity contribution >= 4 is 29.0 Å². The van der Waals surface area contributed by atoms with Crippen molar-refractivity contribution in [1.29, 1.82) is 0 Å². The van der Waals surface area contributed by atoms with Crippen LogP contribution in [0.15, 0.2) is 47.6 Å². The van der Waals surface area contributed by atoms with Crippen molar-refractivity contribution in [3.8, 4) is 11.4 Å². The first kappa shape index (κ1) is 24.1. The third-order valence-electron chi connectivity index (χ3n) is 5.39. The highest BCUT2D eigenvalue weighted by molar-refractivity contribution is 7.99. The van der Waals surface area contributed by atoms with Crippen molar-refractivity contribution in [1.82, 2.24) is 14.8 Å². The molecule has 1 aromatic heterocycles. The van der Waals surface area contributed by atoms with Crippen molar-refractivity contribution in [3.05, 3.63) is 53.6 Å². The molecule has 0 saturated carbocycles. The van der Waals surface area contributed by atoms with Crippen LogP contribution in [0.5, 0.6) is 0 Å². The molecule has 2 aromatic carbocycles. The minimum absolute atomic E-state index is 0.0292. The molecule has 0 unspecified atom stereocenters. The fourth-order valence-electron chi connectivity index (χ4n) is 3.69. The molecule has 0 spiro atoms. The Labute approximate surface area is 199 Å². The second kappa shape index (κ2) is 10.1. The van der Waals surface area contributed by atoms with E-state index in [4.69, 9.17) is 4.74 Å². The smallest absolute Gasteiger partial charge is 0.378 e. The standard InChI is InChI=1S/C23H24F3N5O2S/c1-15-4-3-5-16(12-15)21-28-29-22(30(21)2)34-14-20(32)27-18-13-17(23(24,25)26)6-7-19(18)31-8-10-33-11-9-31/h3-7,12-13H,8-11,14H2,1-2H3,(H,27,32). The van der Waals surface area contributed by atoms with Gasteiger partial charge in [0, 0.05) is 25.7 Å². The molecule has 1 fully saturated rings. The van der Waals surface area contributed by atoms with Crippen molar-refractivity contribution in [2.45, 2.75) is 18.3 Å². The largest absolute Gasteiger partial charge is 0.416 e. The van der Waals surface area contributed by atoms with Gasteiger partial charge < -0.3 is 19.5 Å². The van der Waals surface area contributed by atoms with Crippen molar-refractivity contribution < 1.29 is 22.7 Å². The minimum atomic E-state index is -4.51. The number of amides is 1. The number of aryl methyl sites for hydroxylation is 1. The maximum atomic E-state index is 13.3. The second-order valence-electron chi connectivity index (χ2n) is 7.90. The normalized spacial score (nSPS) is 14.3. The summed E-state index contributed by atoms with van der Waals surface area (Å²) >= 11 is 1.17. The zero-order valence-corrected chi connectivity index (χ0v) is 19.5. The Bertz CT molecular complexity index is 1180. The molecule has 1 aliphatic rings. The Morgan fingerprint density at radius 1 is 1.15 bits per heavy atom. The van der Waals surface area contributed by atoms with E-state index >= 15 is 0 Å². The highest BCUT2D eigenvalue weighted by Gasteiger charge is 2.32. The molecule has 34 heavy (non-hydrogen) atoms. The van der Waals surface area contributed by atoms with E-state index in [1.807, 2.05) is 36.1 Å². The first-order valence-corrected chi connectivity index (χ1v) is 11.6. The Balaban J connectivity index is 1.48. The number of aromatic nitrogens is 3. The van der Waals surface area contributed by atoms with Crippen LogP contribution < -0.4 is 10.2 Å². The number of hydrogen-bond donors (Lipinski definition) is 1. The maximum Gasteiger partial charge on any atom is 0.416 e. The van der Waals surface area contributed by atoms with E-state index in [1.54, 1.807) is 11.6 Å². The number of ether oxygens (including phenoxy) is 1. The van der Waals surface area contributed by atoms with Gasteiger partial charge in [-0.25, -0.2) is 0 Å². The predicted octanol–water partition coefficient (Wildman–Crippen LogP) is 4.38. The van der Waals surface area contributed by atoms with E-state index in [2.05, 4.69) is 15.5 Å². The molecule has 180 valence electrons. The lowest BCUT2D eigenvalue weighted by Gasteiger charge is -2.31. The number of morpholine rings is 1. The van der Waals surface area contributed by atoms with E-state index < -0.39 is 17.6 Å². The van der Waals surface area contributed by atoms with Gasteiger partial charge in [-0.15, -0.1) is 10.2 Å². The second-order valence-corrected chi connectivity index (χ2v) is 8.84. The monoisotopic (exact) mass is 491 g/mol. The zero-order chi connectivity index (χ0) is 24.3. The Kier molecular flexibility index (Phi) is 7.13. The number of carbonyl (C=O) groups is 1. The number of carbonyl (C=O) groups excluding carboxylic acids is 1. The van der Waals surface area contributed by atoms with Crippen LogP contribution in [0.2, 0.25) is 0 Å². The summed E-state index contributed by atoms with van der Waals surface area (Å²) in [6, 6.07) is 11.2. The van der Waals surface area contributed by atoms with Crippen LogP contribution >= 0.6 is 11.8 Å². The van der Waals surface area contributed by atoms with Crippen LogP contribution in [0.3, 0.4) is 0 Å². The molecule has 1 saturated heterocycles. The van der Waals surface area contributed by atoms with Crippen LogP contribution in [-0.4, -0.2) is 52.7 Å². The van der Waals surface area contributed by atoms with Crippen LogP contribution in [0, 0.1) is 6.92 Å². The molecule has 11 heteroatoms. The number of thioether (sulfide) groups is 1. The van der Waals surface area contributed by atoms with E-state index in [0.717, 1.165) is 23.3 Å². The molecule has 4 rings (SSSR count). The third-order valence-corrected chi connectivity index (χ3v) is 6.41. The Hall–Kier alpha value is -3.05. The number of benzene rings is 2. The van der Waals surface area contributed by atoms with Crippen molar-refractivity contribution in [3.63, 3.8) is 0 Å². The van der Waals surface area contributed by atoms with E-state index in [9.17, 15) is 18.0 Å². The summed E-state index contributed by atoms with van der Waals surface area (Å²) < 4.78 is 47.0. The number of rotatable bonds is 6. The molecule has 1 amide bonds. The summed E-state index contributed by atoms with van der Waals surface area (Å²) in [7, 11) is 1.81. The Morgan fingerprint density at radius 2 is 1.91 bits per heavy atom. The van der Waals surface area contributed by atoms with Gasteiger partial charge in [0.15, 0.2) is 11.0 Å². The van der Waals surface area contributed by atoms with Crippen molar-refractivity contribution in [2.75, 3.05) is 42.3 Å². The molecule has 1 aliphatic heterocycles. The number of hydrogen-bond acceptors (Lipinski definition) is 6. The number of anilines is 2. The quantitative estimate of drug-likeness (QED) is 0.516. The van der Waals surface area contributed by atoms with Gasteiger partial charge >= 0.3 is 6.18 Å². The van der Waals surface area contributed by atoms with Gasteiger partial charge in [-0.1, -0.05) is 35.5 Å². The molecular weight excluding hydrogens is 467 g/mol. The minimum Gasteiger partial charge on any atom is -0.378 e. The number of halogens is 3. The van der Waals surface area contributed by atoms with E-state index in [-0.39, 0.29) is 11.4 Å². The third kappa shape index (κ3) is 5.53. The van der Waals surface area contributed by atoms with Gasteiger partial charge in [-0.2, -0.15) is 13.2 Å². The fourth-order valence-corrected chi connectivity index (χ4v) is 4.40. The molecule has 1 N–H and O–H groups in total. The number of nitrogens with zero attached hydrogens (tertiary/aromatic N) is 4. The SMILES string of the molecule is Cc1cccc(-c2nnc(SCC(=O)Nc3cc(C(F)(F)F)ccc3N3CCOCC3)n2C)c1. The van der Waals surface area contributed by atoms with Gasteiger partial charge in [0.1, 0.15) is 0 Å². The van der Waals surface area contributed by atoms with Gasteiger partial charge in [-0.05, 0) is 31.2 Å².